The summed E-state index contributed by atoms with van der Waals surface area (Å²) in [6.45, 7) is 1.95. The average Bonchev–Trinajstić information content (AvgIpc) is 2.43. The molecule has 1 rings (SSSR count). The largest absolute Gasteiger partial charge is 0.481 e. The summed E-state index contributed by atoms with van der Waals surface area (Å²) in [6.07, 6.45) is 5.50. The van der Waals surface area contributed by atoms with Gasteiger partial charge in [0.25, 0.3) is 5.91 Å². The number of nitrogens with one attached hydrogen (secondary N) is 1. The molecule has 0 aliphatic heterocycles. The second-order valence-corrected chi connectivity index (χ2v) is 4.32. The quantitative estimate of drug-likeness (QED) is 0.742. The van der Waals surface area contributed by atoms with Gasteiger partial charge in [0, 0.05) is 18.0 Å². The molecule has 1 aromatic rings. The molecule has 1 amide bonds. The smallest absolute Gasteiger partial charge is 0.303 e. The van der Waals surface area contributed by atoms with Crippen molar-refractivity contribution in [2.45, 2.75) is 25.8 Å². The fraction of sp³-hybridized carbons (Fsp3) is 0.333. The third kappa shape index (κ3) is 5.44. The van der Waals surface area contributed by atoms with E-state index in [1.165, 1.54) is 0 Å². The molecule has 0 saturated heterocycles. The van der Waals surface area contributed by atoms with Gasteiger partial charge in [0.05, 0.1) is 0 Å². The zero-order chi connectivity index (χ0) is 15.0. The molecule has 0 saturated carbocycles. The van der Waals surface area contributed by atoms with Crippen LogP contribution < -0.4 is 10.1 Å². The van der Waals surface area contributed by atoms with Gasteiger partial charge in [-0.25, -0.2) is 0 Å². The number of carboxylic acids is 1. The predicted octanol–water partition coefficient (Wildman–Crippen LogP) is 1.68. The molecule has 0 aromatic heterocycles. The highest BCUT2D eigenvalue weighted by Gasteiger charge is 2.11. The van der Waals surface area contributed by atoms with Crippen molar-refractivity contribution >= 4 is 11.9 Å². The van der Waals surface area contributed by atoms with E-state index in [-0.39, 0.29) is 25.0 Å². The lowest BCUT2D eigenvalue weighted by Gasteiger charge is -2.13. The van der Waals surface area contributed by atoms with Crippen LogP contribution in [0.1, 0.15) is 30.1 Å². The number of rotatable bonds is 7. The molecule has 2 N–H and O–H groups in total. The van der Waals surface area contributed by atoms with Gasteiger partial charge < -0.3 is 15.2 Å². The zero-order valence-corrected chi connectivity index (χ0v) is 11.3. The molecule has 1 aromatic carbocycles. The molecule has 0 heterocycles. The van der Waals surface area contributed by atoms with Crippen LogP contribution >= 0.6 is 0 Å². The topological polar surface area (TPSA) is 75.6 Å². The summed E-state index contributed by atoms with van der Waals surface area (Å²) >= 11 is 0. The van der Waals surface area contributed by atoms with E-state index in [1.54, 1.807) is 31.2 Å². The Hall–Kier alpha value is -2.48. The molecule has 0 spiro atoms. The van der Waals surface area contributed by atoms with Gasteiger partial charge in [-0.15, -0.1) is 6.42 Å². The van der Waals surface area contributed by atoms with E-state index >= 15 is 0 Å². The standard InChI is InChI=1S/C15H17NO4/c1-3-10-20-13-7-5-12(6-8-13)15(19)16-11(2)4-9-14(17)18/h1,5-8,11H,4,9-10H2,2H3,(H,16,19)(H,17,18). The van der Waals surface area contributed by atoms with E-state index in [0.717, 1.165) is 0 Å². The van der Waals surface area contributed by atoms with Crippen LogP contribution in [0.4, 0.5) is 0 Å². The minimum Gasteiger partial charge on any atom is -0.481 e. The second-order valence-electron chi connectivity index (χ2n) is 4.32. The van der Waals surface area contributed by atoms with Gasteiger partial charge in [-0.05, 0) is 37.6 Å². The van der Waals surface area contributed by atoms with Crippen molar-refractivity contribution in [2.24, 2.45) is 0 Å². The van der Waals surface area contributed by atoms with Crippen LogP contribution in [0.25, 0.3) is 0 Å². The van der Waals surface area contributed by atoms with Crippen molar-refractivity contribution in [1.29, 1.82) is 0 Å². The van der Waals surface area contributed by atoms with Crippen LogP contribution in [0.2, 0.25) is 0 Å². The van der Waals surface area contributed by atoms with Crippen molar-refractivity contribution in [1.82, 2.24) is 5.32 Å². The number of benzene rings is 1. The molecule has 1 atom stereocenters. The second kappa shape index (κ2) is 7.85. The molecule has 0 fully saturated rings. The number of aliphatic carboxylic acids is 1. The SMILES string of the molecule is C#CCOc1ccc(C(=O)NC(C)CCC(=O)O)cc1. The molecule has 106 valence electrons. The van der Waals surface area contributed by atoms with Gasteiger partial charge in [-0.3, -0.25) is 9.59 Å². The summed E-state index contributed by atoms with van der Waals surface area (Å²) in [5.74, 6) is 1.83. The number of hydrogen-bond acceptors (Lipinski definition) is 3. The molecule has 0 bridgehead atoms. The number of carboxylic acid groups (broad SMARTS) is 1. The van der Waals surface area contributed by atoms with Crippen LogP contribution in [-0.2, 0) is 4.79 Å². The van der Waals surface area contributed by atoms with E-state index in [1.807, 2.05) is 0 Å². The monoisotopic (exact) mass is 275 g/mol. The van der Waals surface area contributed by atoms with E-state index in [0.29, 0.717) is 17.7 Å². The van der Waals surface area contributed by atoms with Crippen LogP contribution in [-0.4, -0.2) is 29.6 Å². The Balaban J connectivity index is 2.51. The lowest BCUT2D eigenvalue weighted by Crippen LogP contribution is -2.32. The molecule has 5 heteroatoms. The summed E-state index contributed by atoms with van der Waals surface area (Å²) in [6, 6.07) is 6.38. The number of terminal acetylenes is 1. The van der Waals surface area contributed by atoms with Crippen LogP contribution in [0.3, 0.4) is 0 Å². The van der Waals surface area contributed by atoms with Crippen molar-refractivity contribution < 1.29 is 19.4 Å². The first-order chi connectivity index (χ1) is 9.52. The summed E-state index contributed by atoms with van der Waals surface area (Å²) in [5, 5.41) is 11.3. The zero-order valence-electron chi connectivity index (χ0n) is 11.3. The fourth-order valence-electron chi connectivity index (χ4n) is 1.55. The molecular weight excluding hydrogens is 258 g/mol. The molecule has 0 aliphatic carbocycles. The molecule has 20 heavy (non-hydrogen) atoms. The summed E-state index contributed by atoms with van der Waals surface area (Å²) in [7, 11) is 0. The number of carbonyl (C=O) groups is 2. The minimum atomic E-state index is -0.874. The van der Waals surface area contributed by atoms with Crippen molar-refractivity contribution in [2.75, 3.05) is 6.61 Å². The summed E-state index contributed by atoms with van der Waals surface area (Å²) < 4.78 is 5.20. The van der Waals surface area contributed by atoms with Gasteiger partial charge >= 0.3 is 5.97 Å². The molecule has 1 unspecified atom stereocenters. The highest BCUT2D eigenvalue weighted by atomic mass is 16.5. The Morgan fingerprint density at radius 3 is 2.60 bits per heavy atom. The molecule has 0 aliphatic rings. The van der Waals surface area contributed by atoms with Gasteiger partial charge in [0.2, 0.25) is 0 Å². The van der Waals surface area contributed by atoms with E-state index in [2.05, 4.69) is 11.2 Å². The van der Waals surface area contributed by atoms with Crippen molar-refractivity contribution in [3.05, 3.63) is 29.8 Å². The van der Waals surface area contributed by atoms with Gasteiger partial charge in [0.15, 0.2) is 0 Å². The number of carbonyl (C=O) groups excluding carboxylic acids is 1. The normalized spacial score (nSPS) is 11.2. The first-order valence-corrected chi connectivity index (χ1v) is 6.22. The van der Waals surface area contributed by atoms with E-state index in [9.17, 15) is 9.59 Å². The van der Waals surface area contributed by atoms with Crippen LogP contribution in [0.15, 0.2) is 24.3 Å². The Morgan fingerprint density at radius 2 is 2.05 bits per heavy atom. The predicted molar refractivity (Wildman–Crippen MR) is 74.6 cm³/mol. The highest BCUT2D eigenvalue weighted by Crippen LogP contribution is 2.12. The first kappa shape index (κ1) is 15.6. The van der Waals surface area contributed by atoms with Gasteiger partial charge in [-0.1, -0.05) is 5.92 Å². The number of hydrogen-bond donors (Lipinski definition) is 2. The van der Waals surface area contributed by atoms with Crippen LogP contribution in [0, 0.1) is 12.3 Å². The average molecular weight is 275 g/mol. The van der Waals surface area contributed by atoms with Gasteiger partial charge in [0.1, 0.15) is 12.4 Å². The number of amides is 1. The molecular formula is C15H17NO4. The Kier molecular flexibility index (Phi) is 6.11. The van der Waals surface area contributed by atoms with Gasteiger partial charge in [-0.2, -0.15) is 0 Å². The summed E-state index contributed by atoms with van der Waals surface area (Å²) in [4.78, 5) is 22.3. The Labute approximate surface area is 117 Å². The van der Waals surface area contributed by atoms with Crippen LogP contribution in [0.5, 0.6) is 5.75 Å². The lowest BCUT2D eigenvalue weighted by atomic mass is 10.1. The summed E-state index contributed by atoms with van der Waals surface area (Å²) in [5.41, 5.74) is 0.486. The third-order valence-electron chi connectivity index (χ3n) is 2.61. The van der Waals surface area contributed by atoms with Crippen molar-refractivity contribution in [3.63, 3.8) is 0 Å². The minimum absolute atomic E-state index is 0.0281. The number of ether oxygens (including phenoxy) is 1. The van der Waals surface area contributed by atoms with E-state index in [4.69, 9.17) is 16.3 Å². The first-order valence-electron chi connectivity index (χ1n) is 6.22. The van der Waals surface area contributed by atoms with Crippen molar-refractivity contribution in [3.8, 4) is 18.1 Å². The maximum Gasteiger partial charge on any atom is 0.303 e. The molecule has 0 radical (unpaired) electrons. The highest BCUT2D eigenvalue weighted by molar-refractivity contribution is 5.94. The lowest BCUT2D eigenvalue weighted by molar-refractivity contribution is -0.137. The Bertz CT molecular complexity index is 502. The third-order valence-corrected chi connectivity index (χ3v) is 2.61. The maximum atomic E-state index is 11.9. The maximum absolute atomic E-state index is 11.9. The Morgan fingerprint density at radius 1 is 1.40 bits per heavy atom. The fourth-order valence-corrected chi connectivity index (χ4v) is 1.55. The molecule has 5 nitrogen and oxygen atoms in total. The van der Waals surface area contributed by atoms with E-state index < -0.39 is 5.97 Å².